The molecular weight excluding hydrogens is 418 g/mol. The fraction of sp³-hybridized carbons (Fsp3) is 0.308. The fourth-order valence-electron chi connectivity index (χ4n) is 3.65. The topological polar surface area (TPSA) is 52.7 Å². The van der Waals surface area contributed by atoms with E-state index in [1.54, 1.807) is 6.07 Å². The Bertz CT molecular complexity index is 1070. The van der Waals surface area contributed by atoms with Crippen molar-refractivity contribution in [2.75, 3.05) is 30.9 Å². The first-order valence-electron chi connectivity index (χ1n) is 10.8. The van der Waals surface area contributed by atoms with Gasteiger partial charge in [-0.2, -0.15) is 0 Å². The van der Waals surface area contributed by atoms with E-state index in [-0.39, 0.29) is 11.8 Å². The highest BCUT2D eigenvalue weighted by Gasteiger charge is 2.20. The Morgan fingerprint density at radius 1 is 1.03 bits per heavy atom. The first kappa shape index (κ1) is 23.5. The summed E-state index contributed by atoms with van der Waals surface area (Å²) in [6, 6.07) is 17.2. The summed E-state index contributed by atoms with van der Waals surface area (Å²) in [5.41, 5.74) is 4.48. The lowest BCUT2D eigenvalue weighted by Gasteiger charge is -2.28. The minimum absolute atomic E-state index is 0.0140. The number of thiophene rings is 1. The molecule has 2 aromatic carbocycles. The van der Waals surface area contributed by atoms with Crippen LogP contribution in [0.25, 0.3) is 0 Å². The van der Waals surface area contributed by atoms with Gasteiger partial charge in [-0.3, -0.25) is 9.59 Å². The summed E-state index contributed by atoms with van der Waals surface area (Å²) in [7, 11) is 3.97. The molecule has 0 unspecified atom stereocenters. The maximum Gasteiger partial charge on any atom is 0.265 e. The van der Waals surface area contributed by atoms with Crippen molar-refractivity contribution in [2.24, 2.45) is 5.92 Å². The predicted octanol–water partition coefficient (Wildman–Crippen LogP) is 5.67. The average molecular weight is 450 g/mol. The minimum Gasteiger partial charge on any atom is -0.377 e. The van der Waals surface area contributed by atoms with Crippen LogP contribution in [0.5, 0.6) is 0 Å². The van der Waals surface area contributed by atoms with Crippen molar-refractivity contribution < 1.29 is 9.59 Å². The van der Waals surface area contributed by atoms with Crippen LogP contribution < -0.4 is 10.2 Å². The van der Waals surface area contributed by atoms with E-state index in [0.717, 1.165) is 22.5 Å². The number of carbonyl (C=O) groups excluding carboxylic acids is 2. The van der Waals surface area contributed by atoms with E-state index in [9.17, 15) is 9.59 Å². The molecule has 3 aromatic rings. The zero-order valence-corrected chi connectivity index (χ0v) is 20.2. The molecule has 0 aliphatic heterocycles. The second-order valence-corrected chi connectivity index (χ2v) is 9.57. The third-order valence-corrected chi connectivity index (χ3v) is 5.93. The number of hydrogen-bond donors (Lipinski definition) is 1. The second kappa shape index (κ2) is 10.5. The van der Waals surface area contributed by atoms with Crippen LogP contribution in [0.4, 0.5) is 11.4 Å². The van der Waals surface area contributed by atoms with E-state index >= 15 is 0 Å². The lowest BCUT2D eigenvalue weighted by Crippen LogP contribution is -2.34. The third kappa shape index (κ3) is 5.98. The van der Waals surface area contributed by atoms with Crippen molar-refractivity contribution in [1.82, 2.24) is 4.90 Å². The Labute approximate surface area is 194 Å². The van der Waals surface area contributed by atoms with Gasteiger partial charge in [-0.15, -0.1) is 11.3 Å². The van der Waals surface area contributed by atoms with Crippen LogP contribution >= 0.6 is 11.3 Å². The molecule has 0 spiro atoms. The predicted molar refractivity (Wildman–Crippen MR) is 134 cm³/mol. The van der Waals surface area contributed by atoms with Crippen LogP contribution in [0.3, 0.4) is 0 Å². The molecule has 0 aliphatic rings. The van der Waals surface area contributed by atoms with Crippen LogP contribution in [-0.2, 0) is 6.54 Å². The van der Waals surface area contributed by atoms with Crippen molar-refractivity contribution in [2.45, 2.75) is 27.3 Å². The molecule has 2 amide bonds. The van der Waals surface area contributed by atoms with E-state index in [1.165, 1.54) is 11.3 Å². The number of carbonyl (C=O) groups is 2. The van der Waals surface area contributed by atoms with Gasteiger partial charge in [-0.05, 0) is 60.2 Å². The average Bonchev–Trinajstić information content (AvgIpc) is 3.27. The van der Waals surface area contributed by atoms with Crippen molar-refractivity contribution in [3.8, 4) is 0 Å². The Morgan fingerprint density at radius 2 is 1.81 bits per heavy atom. The highest BCUT2D eigenvalue weighted by atomic mass is 32.1. The number of hydrogen-bond acceptors (Lipinski definition) is 4. The second-order valence-electron chi connectivity index (χ2n) is 8.62. The summed E-state index contributed by atoms with van der Waals surface area (Å²) >= 11 is 1.41. The van der Waals surface area contributed by atoms with Crippen LogP contribution in [-0.4, -0.2) is 37.4 Å². The van der Waals surface area contributed by atoms with Crippen LogP contribution in [0.2, 0.25) is 0 Å². The van der Waals surface area contributed by atoms with E-state index in [1.807, 2.05) is 84.7 Å². The smallest absolute Gasteiger partial charge is 0.265 e. The standard InChI is InChI=1S/C26H31N3O2S/c1-18(2)16-29(26(31)20-9-6-8-19(3)14-20)17-21-15-22(11-12-23(21)28(4)5)27-25(30)24-10-7-13-32-24/h6-15,18H,16-17H2,1-5H3,(H,27,30). The third-order valence-electron chi connectivity index (χ3n) is 5.06. The number of anilines is 2. The molecule has 0 atom stereocenters. The summed E-state index contributed by atoms with van der Waals surface area (Å²) in [4.78, 5) is 30.5. The largest absolute Gasteiger partial charge is 0.377 e. The summed E-state index contributed by atoms with van der Waals surface area (Å²) in [6.45, 7) is 7.32. The maximum atomic E-state index is 13.4. The van der Waals surface area contributed by atoms with Crippen molar-refractivity contribution >= 4 is 34.5 Å². The van der Waals surface area contributed by atoms with Gasteiger partial charge in [0.2, 0.25) is 0 Å². The van der Waals surface area contributed by atoms with Gasteiger partial charge < -0.3 is 15.1 Å². The monoisotopic (exact) mass is 449 g/mol. The molecule has 32 heavy (non-hydrogen) atoms. The molecule has 0 bridgehead atoms. The molecule has 3 rings (SSSR count). The molecular formula is C26H31N3O2S. The minimum atomic E-state index is -0.126. The first-order valence-corrected chi connectivity index (χ1v) is 11.6. The molecule has 1 N–H and O–H groups in total. The number of rotatable bonds is 8. The summed E-state index contributed by atoms with van der Waals surface area (Å²) in [6.07, 6.45) is 0. The van der Waals surface area contributed by atoms with Gasteiger partial charge in [0.05, 0.1) is 4.88 Å². The lowest BCUT2D eigenvalue weighted by atomic mass is 10.1. The Kier molecular flexibility index (Phi) is 7.70. The van der Waals surface area contributed by atoms with Crippen molar-refractivity contribution in [1.29, 1.82) is 0 Å². The van der Waals surface area contributed by atoms with Crippen LogP contribution in [0.15, 0.2) is 60.0 Å². The lowest BCUT2D eigenvalue weighted by molar-refractivity contribution is 0.0722. The molecule has 0 aliphatic carbocycles. The zero-order chi connectivity index (χ0) is 23.3. The number of benzene rings is 2. The van der Waals surface area contributed by atoms with Crippen LogP contribution in [0.1, 0.15) is 45.0 Å². The molecule has 0 saturated carbocycles. The molecule has 1 heterocycles. The van der Waals surface area contributed by atoms with Gasteiger partial charge in [0.1, 0.15) is 0 Å². The SMILES string of the molecule is Cc1cccc(C(=O)N(Cc2cc(NC(=O)c3cccs3)ccc2N(C)C)CC(C)C)c1. The maximum absolute atomic E-state index is 13.4. The molecule has 0 fully saturated rings. The molecule has 5 nitrogen and oxygen atoms in total. The van der Waals surface area contributed by atoms with Gasteiger partial charge in [-0.25, -0.2) is 0 Å². The normalized spacial score (nSPS) is 10.8. The molecule has 1 aromatic heterocycles. The number of nitrogens with zero attached hydrogens (tertiary/aromatic N) is 2. The number of nitrogens with one attached hydrogen (secondary N) is 1. The fourth-order valence-corrected chi connectivity index (χ4v) is 4.27. The Morgan fingerprint density at radius 3 is 2.44 bits per heavy atom. The van der Waals surface area contributed by atoms with E-state index < -0.39 is 0 Å². The summed E-state index contributed by atoms with van der Waals surface area (Å²) in [5.74, 6) is 0.215. The zero-order valence-electron chi connectivity index (χ0n) is 19.4. The highest BCUT2D eigenvalue weighted by molar-refractivity contribution is 7.12. The number of amides is 2. The van der Waals surface area contributed by atoms with E-state index in [2.05, 4.69) is 19.2 Å². The quantitative estimate of drug-likeness (QED) is 0.482. The molecule has 0 saturated heterocycles. The summed E-state index contributed by atoms with van der Waals surface area (Å²) in [5, 5.41) is 4.87. The van der Waals surface area contributed by atoms with Gasteiger partial charge in [0, 0.05) is 44.1 Å². The van der Waals surface area contributed by atoms with Crippen LogP contribution in [0, 0.1) is 12.8 Å². The number of aryl methyl sites for hydroxylation is 1. The van der Waals surface area contributed by atoms with E-state index in [0.29, 0.717) is 29.4 Å². The molecule has 6 heteroatoms. The van der Waals surface area contributed by atoms with Crippen molar-refractivity contribution in [3.63, 3.8) is 0 Å². The van der Waals surface area contributed by atoms with E-state index in [4.69, 9.17) is 0 Å². The van der Waals surface area contributed by atoms with Gasteiger partial charge in [0.25, 0.3) is 11.8 Å². The first-order chi connectivity index (χ1) is 15.2. The molecule has 0 radical (unpaired) electrons. The van der Waals surface area contributed by atoms with Gasteiger partial charge in [0.15, 0.2) is 0 Å². The Balaban J connectivity index is 1.91. The van der Waals surface area contributed by atoms with Gasteiger partial charge >= 0.3 is 0 Å². The Hall–Kier alpha value is -3.12. The van der Waals surface area contributed by atoms with Gasteiger partial charge in [-0.1, -0.05) is 37.6 Å². The molecule has 168 valence electrons. The van der Waals surface area contributed by atoms with Crippen molar-refractivity contribution in [3.05, 3.63) is 81.5 Å². The highest BCUT2D eigenvalue weighted by Crippen LogP contribution is 2.26. The summed E-state index contributed by atoms with van der Waals surface area (Å²) < 4.78 is 0.